The second-order valence-corrected chi connectivity index (χ2v) is 4.64. The average Bonchev–Trinajstić information content (AvgIpc) is 2.91. The predicted molar refractivity (Wildman–Crippen MR) is 76.7 cm³/mol. The van der Waals surface area contributed by atoms with Crippen molar-refractivity contribution in [1.82, 2.24) is 25.2 Å². The van der Waals surface area contributed by atoms with E-state index in [9.17, 15) is 0 Å². The van der Waals surface area contributed by atoms with Crippen molar-refractivity contribution in [3.05, 3.63) is 52.8 Å². The fourth-order valence-electron chi connectivity index (χ4n) is 1.65. The van der Waals surface area contributed by atoms with Gasteiger partial charge in [-0.1, -0.05) is 34.4 Å². The molecule has 6 nitrogen and oxygen atoms in total. The van der Waals surface area contributed by atoms with Crippen molar-refractivity contribution < 1.29 is 0 Å². The zero-order valence-electron chi connectivity index (χ0n) is 10.0. The van der Waals surface area contributed by atoms with Gasteiger partial charge in [0.1, 0.15) is 0 Å². The smallest absolute Gasteiger partial charge is 0.252 e. The van der Waals surface area contributed by atoms with Crippen LogP contribution in [0.3, 0.4) is 0 Å². The number of tetrazole rings is 1. The zero-order valence-corrected chi connectivity index (χ0v) is 11.5. The van der Waals surface area contributed by atoms with E-state index in [0.29, 0.717) is 21.7 Å². The summed E-state index contributed by atoms with van der Waals surface area (Å²) in [6, 6.07) is 8.92. The van der Waals surface area contributed by atoms with Crippen molar-refractivity contribution in [1.29, 1.82) is 0 Å². The maximum Gasteiger partial charge on any atom is 0.252 e. The van der Waals surface area contributed by atoms with Crippen LogP contribution in [-0.2, 0) is 0 Å². The molecule has 0 atom stereocenters. The monoisotopic (exact) mass is 306 g/mol. The molecule has 0 radical (unpaired) electrons. The van der Waals surface area contributed by atoms with Gasteiger partial charge in [0.05, 0.1) is 27.6 Å². The molecule has 3 rings (SSSR count). The number of halogens is 2. The number of anilines is 2. The Morgan fingerprint density at radius 1 is 1.10 bits per heavy atom. The van der Waals surface area contributed by atoms with Crippen LogP contribution in [0.15, 0.2) is 42.7 Å². The first-order chi connectivity index (χ1) is 9.75. The summed E-state index contributed by atoms with van der Waals surface area (Å²) < 4.78 is 1.47. The van der Waals surface area contributed by atoms with E-state index in [1.165, 1.54) is 4.68 Å². The molecule has 0 amide bonds. The van der Waals surface area contributed by atoms with Gasteiger partial charge in [-0.25, -0.2) is 0 Å². The molecule has 20 heavy (non-hydrogen) atoms. The van der Waals surface area contributed by atoms with Crippen molar-refractivity contribution in [2.75, 3.05) is 5.32 Å². The number of nitrogens with zero attached hydrogens (tertiary/aromatic N) is 5. The second-order valence-electron chi connectivity index (χ2n) is 3.85. The lowest BCUT2D eigenvalue weighted by atomic mass is 10.3. The molecule has 8 heteroatoms. The lowest BCUT2D eigenvalue weighted by Crippen LogP contribution is -2.04. The lowest BCUT2D eigenvalue weighted by Gasteiger charge is -2.08. The molecule has 100 valence electrons. The van der Waals surface area contributed by atoms with Crippen LogP contribution in [0.4, 0.5) is 11.6 Å². The highest BCUT2D eigenvalue weighted by molar-refractivity contribution is 6.43. The molecule has 0 aliphatic heterocycles. The van der Waals surface area contributed by atoms with Crippen LogP contribution in [0.5, 0.6) is 0 Å². The van der Waals surface area contributed by atoms with Crippen molar-refractivity contribution in [2.45, 2.75) is 0 Å². The Kier molecular flexibility index (Phi) is 3.49. The van der Waals surface area contributed by atoms with Gasteiger partial charge >= 0.3 is 0 Å². The maximum atomic E-state index is 6.17. The molecule has 0 unspecified atom stereocenters. The molecule has 0 fully saturated rings. The number of nitrogens with one attached hydrogen (secondary N) is 1. The van der Waals surface area contributed by atoms with Gasteiger partial charge in [0.15, 0.2) is 0 Å². The van der Waals surface area contributed by atoms with Gasteiger partial charge in [0.25, 0.3) is 5.95 Å². The Bertz CT molecular complexity index is 728. The Balaban J connectivity index is 2.00. The molecule has 0 bridgehead atoms. The largest absolute Gasteiger partial charge is 0.321 e. The molecule has 0 aliphatic carbocycles. The predicted octanol–water partition coefficient (Wildman–Crippen LogP) is 3.11. The third kappa shape index (κ3) is 2.43. The van der Waals surface area contributed by atoms with Gasteiger partial charge in [-0.05, 0) is 34.7 Å². The average molecular weight is 307 g/mol. The van der Waals surface area contributed by atoms with Crippen molar-refractivity contribution in [2.24, 2.45) is 0 Å². The molecule has 2 heterocycles. The molecule has 1 N–H and O–H groups in total. The van der Waals surface area contributed by atoms with Crippen molar-refractivity contribution in [3.8, 4) is 5.69 Å². The number of rotatable bonds is 3. The van der Waals surface area contributed by atoms with E-state index in [2.05, 4.69) is 25.8 Å². The summed E-state index contributed by atoms with van der Waals surface area (Å²) in [5.41, 5.74) is 1.36. The summed E-state index contributed by atoms with van der Waals surface area (Å²) in [4.78, 5) is 4.01. The Morgan fingerprint density at radius 2 is 2.00 bits per heavy atom. The van der Waals surface area contributed by atoms with Crippen LogP contribution in [0.2, 0.25) is 10.0 Å². The molecular formula is C12H8Cl2N6. The molecule has 0 spiro atoms. The van der Waals surface area contributed by atoms with E-state index in [0.717, 1.165) is 5.69 Å². The maximum absolute atomic E-state index is 6.17. The third-order valence-electron chi connectivity index (χ3n) is 2.55. The van der Waals surface area contributed by atoms with E-state index in [-0.39, 0.29) is 0 Å². The lowest BCUT2D eigenvalue weighted by molar-refractivity contribution is 0.791. The minimum Gasteiger partial charge on any atom is -0.321 e. The van der Waals surface area contributed by atoms with E-state index >= 15 is 0 Å². The molecule has 1 aromatic carbocycles. The Labute approximate surface area is 124 Å². The number of hydrogen-bond donors (Lipinski definition) is 1. The SMILES string of the molecule is Clc1cccc(-n2nnnc2Nc2cccnc2)c1Cl. The molecule has 0 saturated heterocycles. The van der Waals surface area contributed by atoms with E-state index in [4.69, 9.17) is 23.2 Å². The van der Waals surface area contributed by atoms with Crippen LogP contribution >= 0.6 is 23.2 Å². The van der Waals surface area contributed by atoms with Gasteiger partial charge in [0.2, 0.25) is 0 Å². The van der Waals surface area contributed by atoms with Crippen LogP contribution in [0.1, 0.15) is 0 Å². The van der Waals surface area contributed by atoms with Gasteiger partial charge in [-0.2, -0.15) is 4.68 Å². The summed E-state index contributed by atoms with van der Waals surface area (Å²) >= 11 is 12.2. The fourth-order valence-corrected chi connectivity index (χ4v) is 2.02. The molecular weight excluding hydrogens is 299 g/mol. The van der Waals surface area contributed by atoms with Crippen molar-refractivity contribution >= 4 is 34.8 Å². The highest BCUT2D eigenvalue weighted by atomic mass is 35.5. The van der Waals surface area contributed by atoms with Crippen LogP contribution in [0, 0.1) is 0 Å². The highest BCUT2D eigenvalue weighted by Gasteiger charge is 2.13. The quantitative estimate of drug-likeness (QED) is 0.805. The first-order valence-electron chi connectivity index (χ1n) is 5.65. The van der Waals surface area contributed by atoms with Gasteiger partial charge in [0, 0.05) is 6.20 Å². The standard InChI is InChI=1S/C12H8Cl2N6/c13-9-4-1-5-10(11(9)14)20-12(17-18-19-20)16-8-3-2-6-15-7-8/h1-7H,(H,16,17,19). The minimum absolute atomic E-state index is 0.385. The van der Waals surface area contributed by atoms with Crippen LogP contribution in [-0.4, -0.2) is 25.2 Å². The second kappa shape index (κ2) is 5.44. The Morgan fingerprint density at radius 3 is 2.80 bits per heavy atom. The highest BCUT2D eigenvalue weighted by Crippen LogP contribution is 2.29. The number of hydrogen-bond acceptors (Lipinski definition) is 5. The summed E-state index contributed by atoms with van der Waals surface area (Å²) in [6.07, 6.45) is 3.35. The molecule has 2 aromatic heterocycles. The van der Waals surface area contributed by atoms with Crippen LogP contribution in [0.25, 0.3) is 5.69 Å². The van der Waals surface area contributed by atoms with Gasteiger partial charge in [-0.3, -0.25) is 4.98 Å². The topological polar surface area (TPSA) is 68.5 Å². The Hall–Kier alpha value is -2.18. The summed E-state index contributed by atoms with van der Waals surface area (Å²) in [5, 5.41) is 15.4. The first kappa shape index (κ1) is 12.8. The van der Waals surface area contributed by atoms with E-state index < -0.39 is 0 Å². The minimum atomic E-state index is 0.385. The molecule has 0 saturated carbocycles. The molecule has 0 aliphatic rings. The zero-order chi connectivity index (χ0) is 13.9. The van der Waals surface area contributed by atoms with Crippen molar-refractivity contribution in [3.63, 3.8) is 0 Å². The summed E-state index contributed by atoms with van der Waals surface area (Å²) in [6.45, 7) is 0. The van der Waals surface area contributed by atoms with E-state index in [1.54, 1.807) is 30.6 Å². The first-order valence-corrected chi connectivity index (χ1v) is 6.41. The third-order valence-corrected chi connectivity index (χ3v) is 3.36. The number of pyridine rings is 1. The summed E-state index contributed by atoms with van der Waals surface area (Å²) in [7, 11) is 0. The normalized spacial score (nSPS) is 10.5. The number of benzene rings is 1. The molecule has 3 aromatic rings. The number of aromatic nitrogens is 5. The van der Waals surface area contributed by atoms with Gasteiger partial charge in [-0.15, -0.1) is 0 Å². The van der Waals surface area contributed by atoms with Crippen LogP contribution < -0.4 is 5.32 Å². The van der Waals surface area contributed by atoms with E-state index in [1.807, 2.05) is 12.1 Å². The van der Waals surface area contributed by atoms with Gasteiger partial charge < -0.3 is 5.32 Å². The summed E-state index contributed by atoms with van der Waals surface area (Å²) in [5.74, 6) is 0.419. The fraction of sp³-hybridized carbons (Fsp3) is 0.